The molecular weight excluding hydrogens is 476 g/mol. The van der Waals surface area contributed by atoms with E-state index in [0.29, 0.717) is 25.2 Å². The molecule has 11 heteroatoms. The zero-order chi connectivity index (χ0) is 25.4. The first-order chi connectivity index (χ1) is 16.8. The highest BCUT2D eigenvalue weighted by Crippen LogP contribution is 2.37. The Balaban J connectivity index is 1.69. The van der Waals surface area contributed by atoms with E-state index >= 15 is 0 Å². The Labute approximate surface area is 205 Å². The van der Waals surface area contributed by atoms with Gasteiger partial charge in [0.25, 0.3) is 5.91 Å². The maximum Gasteiger partial charge on any atom is 0.279 e. The number of hydrogen-bond donors (Lipinski definition) is 3. The largest absolute Gasteiger partial charge is 0.504 e. The molecule has 0 aliphatic carbocycles. The van der Waals surface area contributed by atoms with Crippen LogP contribution in [0.4, 0.5) is 0 Å². The van der Waals surface area contributed by atoms with E-state index in [1.54, 1.807) is 6.92 Å². The standard InChI is InChI=1S/C24H32N2O8S/c1-3-5-16-33-17-6-8-18(9-7-17)34-19-12-14-26(15-13-19)35(30,31)21-11-10-20(27)23(32-4-2)22(21)24(28)25-29/h6-11,19,27,29H,3-5,12-16H2,1-2H3,(H,25,28). The lowest BCUT2D eigenvalue weighted by molar-refractivity contribution is 0.0697. The molecule has 1 fully saturated rings. The molecule has 0 unspecified atom stereocenters. The van der Waals surface area contributed by atoms with Gasteiger partial charge >= 0.3 is 0 Å². The van der Waals surface area contributed by atoms with Gasteiger partial charge in [0.05, 0.1) is 18.1 Å². The molecule has 1 amide bonds. The lowest BCUT2D eigenvalue weighted by atomic mass is 10.1. The third-order valence-corrected chi connectivity index (χ3v) is 7.57. The first-order valence-electron chi connectivity index (χ1n) is 11.6. The number of aromatic hydroxyl groups is 1. The Morgan fingerprint density at radius 3 is 2.31 bits per heavy atom. The Bertz CT molecular complexity index is 1100. The molecule has 1 heterocycles. The molecule has 2 aromatic carbocycles. The summed E-state index contributed by atoms with van der Waals surface area (Å²) < 4.78 is 45.0. The van der Waals surface area contributed by atoms with Crippen LogP contribution in [0, 0.1) is 0 Å². The first kappa shape index (κ1) is 26.6. The highest BCUT2D eigenvalue weighted by atomic mass is 32.2. The van der Waals surface area contributed by atoms with Crippen molar-refractivity contribution in [2.75, 3.05) is 26.3 Å². The molecule has 35 heavy (non-hydrogen) atoms. The minimum atomic E-state index is -4.12. The number of hydrogen-bond acceptors (Lipinski definition) is 8. The minimum Gasteiger partial charge on any atom is -0.504 e. The van der Waals surface area contributed by atoms with E-state index in [0.717, 1.165) is 30.7 Å². The Morgan fingerprint density at radius 2 is 1.71 bits per heavy atom. The molecule has 3 N–H and O–H groups in total. The van der Waals surface area contributed by atoms with Crippen LogP contribution in [-0.2, 0) is 10.0 Å². The second-order valence-electron chi connectivity index (χ2n) is 8.06. The molecule has 1 aliphatic heterocycles. The fraction of sp³-hybridized carbons (Fsp3) is 0.458. The average Bonchev–Trinajstić information content (AvgIpc) is 2.86. The van der Waals surface area contributed by atoms with Crippen LogP contribution in [0.3, 0.4) is 0 Å². The number of phenols is 1. The summed E-state index contributed by atoms with van der Waals surface area (Å²) in [5.74, 6) is -0.354. The predicted octanol–water partition coefficient (Wildman–Crippen LogP) is 3.32. The van der Waals surface area contributed by atoms with Crippen molar-refractivity contribution in [1.29, 1.82) is 0 Å². The summed E-state index contributed by atoms with van der Waals surface area (Å²) in [4.78, 5) is 11.9. The topological polar surface area (TPSA) is 135 Å². The van der Waals surface area contributed by atoms with Gasteiger partial charge in [-0.2, -0.15) is 4.31 Å². The number of rotatable bonds is 11. The third kappa shape index (κ3) is 6.36. The molecule has 1 saturated heterocycles. The molecule has 192 valence electrons. The average molecular weight is 509 g/mol. The zero-order valence-electron chi connectivity index (χ0n) is 19.9. The minimum absolute atomic E-state index is 0.0807. The van der Waals surface area contributed by atoms with E-state index in [1.165, 1.54) is 9.79 Å². The van der Waals surface area contributed by atoms with Crippen molar-refractivity contribution in [2.24, 2.45) is 0 Å². The smallest absolute Gasteiger partial charge is 0.279 e. The van der Waals surface area contributed by atoms with Crippen molar-refractivity contribution in [3.63, 3.8) is 0 Å². The summed E-state index contributed by atoms with van der Waals surface area (Å²) >= 11 is 0. The second kappa shape index (κ2) is 12.1. The number of unbranched alkanes of at least 4 members (excludes halogenated alkanes) is 1. The van der Waals surface area contributed by atoms with Crippen molar-refractivity contribution in [3.8, 4) is 23.0 Å². The summed E-state index contributed by atoms with van der Waals surface area (Å²) in [6.07, 6.45) is 2.78. The Kier molecular flexibility index (Phi) is 9.19. The van der Waals surface area contributed by atoms with E-state index in [4.69, 9.17) is 19.4 Å². The summed E-state index contributed by atoms with van der Waals surface area (Å²) in [6, 6.07) is 9.63. The lowest BCUT2D eigenvalue weighted by Gasteiger charge is -2.32. The number of nitrogens with one attached hydrogen (secondary N) is 1. The van der Waals surface area contributed by atoms with Crippen molar-refractivity contribution < 1.29 is 37.7 Å². The van der Waals surface area contributed by atoms with Crippen LogP contribution in [-0.4, -0.2) is 61.4 Å². The third-order valence-electron chi connectivity index (χ3n) is 5.63. The van der Waals surface area contributed by atoms with Crippen LogP contribution < -0.4 is 19.7 Å². The van der Waals surface area contributed by atoms with Gasteiger partial charge in [0.2, 0.25) is 10.0 Å². The van der Waals surface area contributed by atoms with E-state index in [-0.39, 0.29) is 36.4 Å². The number of piperidine rings is 1. The molecule has 0 bridgehead atoms. The number of amides is 1. The highest BCUT2D eigenvalue weighted by Gasteiger charge is 2.35. The van der Waals surface area contributed by atoms with Gasteiger partial charge < -0.3 is 19.3 Å². The van der Waals surface area contributed by atoms with Crippen molar-refractivity contribution >= 4 is 15.9 Å². The predicted molar refractivity (Wildman–Crippen MR) is 128 cm³/mol. The van der Waals surface area contributed by atoms with Gasteiger partial charge in [-0.05, 0) is 62.6 Å². The first-order valence-corrected chi connectivity index (χ1v) is 13.1. The van der Waals surface area contributed by atoms with Gasteiger partial charge in [-0.1, -0.05) is 13.3 Å². The van der Waals surface area contributed by atoms with Crippen molar-refractivity contribution in [3.05, 3.63) is 42.0 Å². The van der Waals surface area contributed by atoms with Crippen LogP contribution >= 0.6 is 0 Å². The monoisotopic (exact) mass is 508 g/mol. The molecule has 0 radical (unpaired) electrons. The molecular formula is C24H32N2O8S. The second-order valence-corrected chi connectivity index (χ2v) is 9.96. The number of hydroxylamine groups is 1. The summed E-state index contributed by atoms with van der Waals surface area (Å²) in [7, 11) is -4.12. The highest BCUT2D eigenvalue weighted by molar-refractivity contribution is 7.89. The molecule has 0 aromatic heterocycles. The number of carbonyl (C=O) groups is 1. The van der Waals surface area contributed by atoms with Gasteiger partial charge in [-0.25, -0.2) is 13.9 Å². The number of nitrogens with zero attached hydrogens (tertiary/aromatic N) is 1. The number of phenolic OH excluding ortho intramolecular Hbond substituents is 1. The summed E-state index contributed by atoms with van der Waals surface area (Å²) in [5.41, 5.74) is 0.983. The van der Waals surface area contributed by atoms with Crippen molar-refractivity contribution in [1.82, 2.24) is 9.79 Å². The normalized spacial score (nSPS) is 14.9. The Hall–Kier alpha value is -3.02. The van der Waals surface area contributed by atoms with E-state index in [9.17, 15) is 18.3 Å². The number of carbonyl (C=O) groups excluding carboxylic acids is 1. The molecule has 0 atom stereocenters. The summed E-state index contributed by atoms with van der Waals surface area (Å²) in [5, 5.41) is 19.2. The van der Waals surface area contributed by atoms with Gasteiger partial charge in [-0.15, -0.1) is 0 Å². The maximum atomic E-state index is 13.4. The fourth-order valence-corrected chi connectivity index (χ4v) is 5.45. The van der Waals surface area contributed by atoms with Gasteiger partial charge in [-0.3, -0.25) is 10.0 Å². The van der Waals surface area contributed by atoms with Gasteiger partial charge in [0.1, 0.15) is 23.2 Å². The molecule has 0 spiro atoms. The van der Waals surface area contributed by atoms with E-state index in [1.807, 2.05) is 24.3 Å². The number of sulfonamides is 1. The van der Waals surface area contributed by atoms with Crippen molar-refractivity contribution in [2.45, 2.75) is 50.5 Å². The fourth-order valence-electron chi connectivity index (χ4n) is 3.80. The molecule has 2 aromatic rings. The molecule has 3 rings (SSSR count). The van der Waals surface area contributed by atoms with E-state index < -0.39 is 27.2 Å². The lowest BCUT2D eigenvalue weighted by Crippen LogP contribution is -2.42. The number of ether oxygens (including phenoxy) is 3. The zero-order valence-corrected chi connectivity index (χ0v) is 20.7. The van der Waals surface area contributed by atoms with Crippen LogP contribution in [0.25, 0.3) is 0 Å². The van der Waals surface area contributed by atoms with Gasteiger partial charge in [0.15, 0.2) is 11.5 Å². The SMILES string of the molecule is CCCCOc1ccc(OC2CCN(S(=O)(=O)c3ccc(O)c(OCC)c3C(=O)NO)CC2)cc1. The van der Waals surface area contributed by atoms with Crippen LogP contribution in [0.5, 0.6) is 23.0 Å². The Morgan fingerprint density at radius 1 is 1.06 bits per heavy atom. The molecule has 10 nitrogen and oxygen atoms in total. The summed E-state index contributed by atoms with van der Waals surface area (Å²) in [6.45, 7) is 4.83. The molecule has 1 aliphatic rings. The van der Waals surface area contributed by atoms with Crippen LogP contribution in [0.1, 0.15) is 49.9 Å². The van der Waals surface area contributed by atoms with Crippen LogP contribution in [0.2, 0.25) is 0 Å². The van der Waals surface area contributed by atoms with Crippen LogP contribution in [0.15, 0.2) is 41.3 Å². The van der Waals surface area contributed by atoms with E-state index in [2.05, 4.69) is 6.92 Å². The number of benzene rings is 2. The van der Waals surface area contributed by atoms with Gasteiger partial charge in [0, 0.05) is 13.1 Å². The molecule has 0 saturated carbocycles. The maximum absolute atomic E-state index is 13.4. The quantitative estimate of drug-likeness (QED) is 0.239.